The molecule has 0 aliphatic heterocycles. The number of carbonyl (C=O) groups excluding carboxylic acids is 1. The number of carbonyl (C=O) groups is 1. The van der Waals surface area contributed by atoms with Gasteiger partial charge < -0.3 is 14.6 Å². The molecule has 2 atom stereocenters. The van der Waals surface area contributed by atoms with Gasteiger partial charge in [0.15, 0.2) is 0 Å². The zero-order chi connectivity index (χ0) is 15.3. The van der Waals surface area contributed by atoms with Crippen molar-refractivity contribution < 1.29 is 23.1 Å². The van der Waals surface area contributed by atoms with Crippen LogP contribution in [-0.2, 0) is 14.8 Å². The Morgan fingerprint density at radius 2 is 1.90 bits per heavy atom. The lowest BCUT2D eigenvalue weighted by Gasteiger charge is -2.24. The fourth-order valence-electron chi connectivity index (χ4n) is 1.62. The number of hydrogen-bond donors (Lipinski definition) is 1. The van der Waals surface area contributed by atoms with Gasteiger partial charge in [0, 0.05) is 0 Å². The zero-order valence-corrected chi connectivity index (χ0v) is 12.4. The van der Waals surface area contributed by atoms with Crippen LogP contribution >= 0.6 is 0 Å². The molecule has 7 heteroatoms. The summed E-state index contributed by atoms with van der Waals surface area (Å²) in [7, 11) is -2.44. The predicted octanol–water partition coefficient (Wildman–Crippen LogP) is 0.138. The fourth-order valence-corrected chi connectivity index (χ4v) is 2.92. The van der Waals surface area contributed by atoms with Crippen molar-refractivity contribution in [3.8, 4) is 5.75 Å². The van der Waals surface area contributed by atoms with Crippen LogP contribution in [0.1, 0.15) is 20.3 Å². The first-order chi connectivity index (χ1) is 9.31. The SMILES string of the molecule is CC[C@H](C)[C@@H](NS(=O)(=O)c1ccc(OC)cc1)C(=O)[O-]. The number of carboxylic acids is 1. The molecule has 0 fully saturated rings. The van der Waals surface area contributed by atoms with E-state index in [1.54, 1.807) is 13.8 Å². The van der Waals surface area contributed by atoms with Crippen LogP contribution in [0.25, 0.3) is 0 Å². The Balaban J connectivity index is 3.00. The molecule has 0 heterocycles. The highest BCUT2D eigenvalue weighted by Gasteiger charge is 2.24. The number of sulfonamides is 1. The number of benzene rings is 1. The van der Waals surface area contributed by atoms with E-state index in [-0.39, 0.29) is 10.8 Å². The summed E-state index contributed by atoms with van der Waals surface area (Å²) in [5.74, 6) is -1.29. The Hall–Kier alpha value is -1.60. The van der Waals surface area contributed by atoms with Crippen LogP contribution in [0.15, 0.2) is 29.2 Å². The van der Waals surface area contributed by atoms with Crippen LogP contribution in [-0.4, -0.2) is 27.5 Å². The lowest BCUT2D eigenvalue weighted by atomic mass is 10.0. The number of rotatable bonds is 7. The molecule has 0 spiro atoms. The van der Waals surface area contributed by atoms with E-state index in [2.05, 4.69) is 4.72 Å². The van der Waals surface area contributed by atoms with Crippen LogP contribution in [0.3, 0.4) is 0 Å². The summed E-state index contributed by atoms with van der Waals surface area (Å²) in [6.45, 7) is 3.43. The maximum absolute atomic E-state index is 12.1. The molecule has 6 nitrogen and oxygen atoms in total. The van der Waals surface area contributed by atoms with E-state index < -0.39 is 22.0 Å². The van der Waals surface area contributed by atoms with Crippen LogP contribution in [0.4, 0.5) is 0 Å². The van der Waals surface area contributed by atoms with Crippen molar-refractivity contribution in [3.05, 3.63) is 24.3 Å². The van der Waals surface area contributed by atoms with Gasteiger partial charge in [0.2, 0.25) is 10.0 Å². The average Bonchev–Trinajstić information content (AvgIpc) is 2.43. The van der Waals surface area contributed by atoms with Gasteiger partial charge in [0.25, 0.3) is 0 Å². The Kier molecular flexibility index (Phi) is 5.52. The number of nitrogens with one attached hydrogen (secondary N) is 1. The molecular weight excluding hydrogens is 282 g/mol. The normalized spacial score (nSPS) is 14.6. The van der Waals surface area contributed by atoms with Gasteiger partial charge in [-0.2, -0.15) is 0 Å². The van der Waals surface area contributed by atoms with Gasteiger partial charge in [-0.15, -0.1) is 0 Å². The molecule has 112 valence electrons. The zero-order valence-electron chi connectivity index (χ0n) is 11.6. The monoisotopic (exact) mass is 300 g/mol. The third kappa shape index (κ3) is 3.94. The molecule has 0 bridgehead atoms. The van der Waals surface area contributed by atoms with Crippen molar-refractivity contribution in [1.29, 1.82) is 0 Å². The summed E-state index contributed by atoms with van der Waals surface area (Å²) < 4.78 is 31.4. The van der Waals surface area contributed by atoms with E-state index in [4.69, 9.17) is 4.74 Å². The Morgan fingerprint density at radius 1 is 1.35 bits per heavy atom. The minimum Gasteiger partial charge on any atom is -0.548 e. The second-order valence-electron chi connectivity index (χ2n) is 4.48. The van der Waals surface area contributed by atoms with E-state index >= 15 is 0 Å². The van der Waals surface area contributed by atoms with Gasteiger partial charge in [0.1, 0.15) is 5.75 Å². The van der Waals surface area contributed by atoms with Gasteiger partial charge >= 0.3 is 0 Å². The molecule has 0 unspecified atom stereocenters. The first-order valence-corrected chi connectivity index (χ1v) is 7.67. The Morgan fingerprint density at radius 3 is 2.30 bits per heavy atom. The van der Waals surface area contributed by atoms with Gasteiger partial charge in [-0.3, -0.25) is 0 Å². The minimum atomic E-state index is -3.91. The van der Waals surface area contributed by atoms with E-state index in [9.17, 15) is 18.3 Å². The lowest BCUT2D eigenvalue weighted by molar-refractivity contribution is -0.309. The molecule has 1 N–H and O–H groups in total. The third-order valence-electron chi connectivity index (χ3n) is 3.12. The Bertz CT molecular complexity index is 553. The molecule has 0 aliphatic carbocycles. The highest BCUT2D eigenvalue weighted by Crippen LogP contribution is 2.17. The van der Waals surface area contributed by atoms with Crippen molar-refractivity contribution in [2.24, 2.45) is 5.92 Å². The largest absolute Gasteiger partial charge is 0.548 e. The van der Waals surface area contributed by atoms with Crippen molar-refractivity contribution >= 4 is 16.0 Å². The molecule has 0 aliphatic rings. The van der Waals surface area contributed by atoms with Crippen LogP contribution in [0, 0.1) is 5.92 Å². The fraction of sp³-hybridized carbons (Fsp3) is 0.462. The quantitative estimate of drug-likeness (QED) is 0.772. The van der Waals surface area contributed by atoms with Crippen LogP contribution in [0.5, 0.6) is 5.75 Å². The first kappa shape index (κ1) is 16.5. The smallest absolute Gasteiger partial charge is 0.241 e. The van der Waals surface area contributed by atoms with Gasteiger partial charge in [0.05, 0.1) is 24.0 Å². The van der Waals surface area contributed by atoms with E-state index in [0.29, 0.717) is 12.2 Å². The highest BCUT2D eigenvalue weighted by molar-refractivity contribution is 7.89. The summed E-state index contributed by atoms with van der Waals surface area (Å²) in [5, 5.41) is 11.1. The number of hydrogen-bond acceptors (Lipinski definition) is 5. The molecule has 0 saturated carbocycles. The Labute approximate surface area is 118 Å². The van der Waals surface area contributed by atoms with Crippen LogP contribution in [0.2, 0.25) is 0 Å². The maximum Gasteiger partial charge on any atom is 0.241 e. The number of aliphatic carboxylic acids is 1. The molecule has 20 heavy (non-hydrogen) atoms. The summed E-state index contributed by atoms with van der Waals surface area (Å²) in [6, 6.07) is 4.43. The topological polar surface area (TPSA) is 95.5 Å². The summed E-state index contributed by atoms with van der Waals surface area (Å²) >= 11 is 0. The number of methoxy groups -OCH3 is 1. The lowest BCUT2D eigenvalue weighted by Crippen LogP contribution is -2.51. The van der Waals surface area contributed by atoms with Crippen molar-refractivity contribution in [1.82, 2.24) is 4.72 Å². The molecular formula is C13H18NO5S-. The first-order valence-electron chi connectivity index (χ1n) is 6.19. The average molecular weight is 300 g/mol. The summed E-state index contributed by atoms with van der Waals surface area (Å²) in [5.41, 5.74) is 0. The predicted molar refractivity (Wildman–Crippen MR) is 71.6 cm³/mol. The second kappa shape index (κ2) is 6.71. The van der Waals surface area contributed by atoms with E-state index in [1.807, 2.05) is 0 Å². The molecule has 1 rings (SSSR count). The number of ether oxygens (including phenoxy) is 1. The van der Waals surface area contributed by atoms with E-state index in [0.717, 1.165) is 0 Å². The van der Waals surface area contributed by atoms with Gasteiger partial charge in [-0.1, -0.05) is 20.3 Å². The molecule has 0 amide bonds. The van der Waals surface area contributed by atoms with Crippen molar-refractivity contribution in [2.45, 2.75) is 31.2 Å². The van der Waals surface area contributed by atoms with Crippen molar-refractivity contribution in [2.75, 3.05) is 7.11 Å². The second-order valence-corrected chi connectivity index (χ2v) is 6.19. The standard InChI is InChI=1S/C13H19NO5S/c1-4-9(2)12(13(15)16)14-20(17,18)11-7-5-10(19-3)6-8-11/h5-9,12,14H,4H2,1-3H3,(H,15,16)/p-1/t9-,12+/m0/s1. The highest BCUT2D eigenvalue weighted by atomic mass is 32.2. The molecule has 1 aromatic carbocycles. The summed E-state index contributed by atoms with van der Waals surface area (Å²) in [6.07, 6.45) is 0.518. The van der Waals surface area contributed by atoms with E-state index in [1.165, 1.54) is 31.4 Å². The minimum absolute atomic E-state index is 0.0205. The summed E-state index contributed by atoms with van der Waals surface area (Å²) in [4.78, 5) is 11.0. The molecule has 0 saturated heterocycles. The molecule has 0 radical (unpaired) electrons. The third-order valence-corrected chi connectivity index (χ3v) is 4.58. The number of carboxylic acid groups (broad SMARTS) is 1. The van der Waals surface area contributed by atoms with Crippen molar-refractivity contribution in [3.63, 3.8) is 0 Å². The molecule has 0 aromatic heterocycles. The van der Waals surface area contributed by atoms with Crippen LogP contribution < -0.4 is 14.6 Å². The van der Waals surface area contributed by atoms with Gasteiger partial charge in [-0.05, 0) is 30.2 Å². The van der Waals surface area contributed by atoms with Gasteiger partial charge in [-0.25, -0.2) is 13.1 Å². The maximum atomic E-state index is 12.1. The molecule has 1 aromatic rings.